The molecule has 4 saturated heterocycles. The maximum atomic E-state index is 15.2. The van der Waals surface area contributed by atoms with Crippen molar-refractivity contribution in [3.63, 3.8) is 0 Å². The summed E-state index contributed by atoms with van der Waals surface area (Å²) in [5.74, 6) is -9.83. The van der Waals surface area contributed by atoms with Crippen molar-refractivity contribution >= 4 is 65.1 Å². The summed E-state index contributed by atoms with van der Waals surface area (Å²) in [6.07, 6.45) is -2.35. The fourth-order valence-corrected chi connectivity index (χ4v) is 11.5. The molecular weight excluding hydrogens is 1100 g/mol. The molecule has 6 rings (SSSR count). The third kappa shape index (κ3) is 17.1. The Bertz CT molecular complexity index is 2730. The number of phenols is 1. The number of carbonyl (C=O) groups excluding carboxylic acids is 11. The number of hydrogen-bond donors (Lipinski definition) is 7. The lowest BCUT2D eigenvalue weighted by molar-refractivity contribution is -0.165. The van der Waals surface area contributed by atoms with Crippen LogP contribution in [0.4, 0.5) is 0 Å². The average molecular weight is 1190 g/mol. The Morgan fingerprint density at radius 1 is 0.718 bits per heavy atom. The fraction of sp³-hybridized carbons (Fsp3) is 0.623. The first kappa shape index (κ1) is 66.5. The Balaban J connectivity index is 1.42. The third-order valence-electron chi connectivity index (χ3n) is 16.2. The van der Waals surface area contributed by atoms with Crippen LogP contribution in [0, 0.1) is 11.8 Å². The van der Waals surface area contributed by atoms with E-state index in [1.165, 1.54) is 42.8 Å². The number of amides is 9. The van der Waals surface area contributed by atoms with Gasteiger partial charge in [0.2, 0.25) is 53.2 Å². The van der Waals surface area contributed by atoms with Gasteiger partial charge in [-0.15, -0.1) is 0 Å². The fourth-order valence-electron chi connectivity index (χ4n) is 11.5. The predicted octanol–water partition coefficient (Wildman–Crippen LogP) is 1.90. The van der Waals surface area contributed by atoms with Crippen molar-refractivity contribution in [3.05, 3.63) is 65.7 Å². The molecule has 0 aromatic heterocycles. The number of aromatic hydroxyl groups is 1. The Morgan fingerprint density at radius 3 is 1.91 bits per heavy atom. The van der Waals surface area contributed by atoms with Crippen LogP contribution in [0.1, 0.15) is 137 Å². The van der Waals surface area contributed by atoms with Crippen molar-refractivity contribution in [3.8, 4) is 5.75 Å². The maximum Gasteiger partial charge on any atom is 0.329 e. The molecule has 9 amide bonds. The van der Waals surface area contributed by atoms with Gasteiger partial charge in [-0.2, -0.15) is 0 Å². The number of likely N-dealkylation sites (N-methyl/N-ethyl adjacent to an activating group) is 1. The lowest BCUT2D eigenvalue weighted by Gasteiger charge is -2.43. The zero-order chi connectivity index (χ0) is 62.4. The number of ether oxygens (including phenoxy) is 2. The minimum absolute atomic E-state index is 0.0390. The van der Waals surface area contributed by atoms with Crippen LogP contribution >= 0.6 is 0 Å². The summed E-state index contributed by atoms with van der Waals surface area (Å²) in [6, 6.07) is 1.69. The summed E-state index contributed by atoms with van der Waals surface area (Å²) in [6.45, 7) is 13.6. The van der Waals surface area contributed by atoms with E-state index in [0.29, 0.717) is 43.4 Å². The number of likely N-dealkylation sites (tertiary alicyclic amines) is 2. The van der Waals surface area contributed by atoms with Gasteiger partial charge in [0.25, 0.3) is 0 Å². The first-order chi connectivity index (χ1) is 40.3. The molecule has 4 fully saturated rings. The summed E-state index contributed by atoms with van der Waals surface area (Å²) in [4.78, 5) is 164. The summed E-state index contributed by atoms with van der Waals surface area (Å²) >= 11 is 0. The van der Waals surface area contributed by atoms with Crippen LogP contribution < -0.4 is 26.6 Å². The molecule has 3 unspecified atom stereocenters. The SMILES string of the molecule is CCCC(=O)N1CCCC1C(=O)N[C@H](C(=O)N[C@@H]1C(=O)NC(CC(C)C)C(=O)N[C@H]2CC[C@@H](O)N(C2=O)[C@@H](Cc2ccccc2)C(=O)N(C)[C@@H](Cc2ccc(O)cc2)C(=O)N[C@@H](C(C)C)C(=O)O[C@@H]1C)[C@H](C)OC(=O)C1CCCN1C(=O)CCC. The number of fused-ring (bicyclic) bond motifs is 2. The topological polar surface area (TPSA) is 320 Å². The van der Waals surface area contributed by atoms with Gasteiger partial charge in [0, 0.05) is 45.8 Å². The second-order valence-corrected chi connectivity index (χ2v) is 23.6. The zero-order valence-corrected chi connectivity index (χ0v) is 50.4. The smallest absolute Gasteiger partial charge is 0.329 e. The number of cyclic esters (lactones) is 1. The zero-order valence-electron chi connectivity index (χ0n) is 50.4. The first-order valence-electron chi connectivity index (χ1n) is 30.0. The maximum absolute atomic E-state index is 15.2. The monoisotopic (exact) mass is 1190 g/mol. The van der Waals surface area contributed by atoms with Crippen molar-refractivity contribution in [1.29, 1.82) is 0 Å². The highest BCUT2D eigenvalue weighted by Crippen LogP contribution is 2.27. The molecule has 0 aliphatic carbocycles. The molecule has 0 radical (unpaired) electrons. The van der Waals surface area contributed by atoms with Crippen molar-refractivity contribution in [2.45, 2.75) is 212 Å². The normalized spacial score (nSPS) is 26.3. The lowest BCUT2D eigenvalue weighted by atomic mass is 9.95. The highest BCUT2D eigenvalue weighted by Gasteiger charge is 2.47. The number of esters is 2. The van der Waals surface area contributed by atoms with E-state index >= 15 is 14.4 Å². The highest BCUT2D eigenvalue weighted by atomic mass is 16.6. The Kier molecular flexibility index (Phi) is 23.8. The molecule has 2 bridgehead atoms. The molecule has 2 aromatic carbocycles. The first-order valence-corrected chi connectivity index (χ1v) is 30.0. The van der Waals surface area contributed by atoms with E-state index in [9.17, 15) is 48.6 Å². The van der Waals surface area contributed by atoms with Crippen molar-refractivity contribution in [2.24, 2.45) is 11.8 Å². The molecule has 24 heteroatoms. The van der Waals surface area contributed by atoms with E-state index in [1.54, 1.807) is 70.2 Å². The second-order valence-electron chi connectivity index (χ2n) is 23.6. The van der Waals surface area contributed by atoms with Crippen LogP contribution in [0.2, 0.25) is 0 Å². The van der Waals surface area contributed by atoms with E-state index in [2.05, 4.69) is 26.6 Å². The molecule has 24 nitrogen and oxygen atoms in total. The van der Waals surface area contributed by atoms with Gasteiger partial charge in [-0.3, -0.25) is 43.2 Å². The minimum Gasteiger partial charge on any atom is -0.508 e. The Labute approximate surface area is 497 Å². The number of piperidine rings is 1. The number of aliphatic hydroxyl groups excluding tert-OH is 1. The molecule has 2 aromatic rings. The molecule has 466 valence electrons. The molecule has 7 N–H and O–H groups in total. The molecule has 0 spiro atoms. The van der Waals surface area contributed by atoms with Crippen LogP contribution in [0.15, 0.2) is 54.6 Å². The summed E-state index contributed by atoms with van der Waals surface area (Å²) in [5, 5.41) is 35.3. The number of nitrogens with zero attached hydrogens (tertiary/aromatic N) is 4. The predicted molar refractivity (Wildman–Crippen MR) is 309 cm³/mol. The number of nitrogens with one attached hydrogen (secondary N) is 5. The van der Waals surface area contributed by atoms with Crippen LogP contribution in [0.25, 0.3) is 0 Å². The number of carbonyl (C=O) groups is 11. The van der Waals surface area contributed by atoms with Crippen LogP contribution in [0.3, 0.4) is 0 Å². The van der Waals surface area contributed by atoms with E-state index in [0.717, 1.165) is 9.80 Å². The molecule has 4 aliphatic heterocycles. The van der Waals surface area contributed by atoms with Gasteiger partial charge in [0.05, 0.1) is 0 Å². The molecule has 4 heterocycles. The van der Waals surface area contributed by atoms with E-state index < -0.39 is 132 Å². The van der Waals surface area contributed by atoms with Crippen molar-refractivity contribution in [1.82, 2.24) is 46.2 Å². The molecule has 0 saturated carbocycles. The Hall–Kier alpha value is -7.63. The van der Waals surface area contributed by atoms with Crippen molar-refractivity contribution < 1.29 is 72.4 Å². The van der Waals surface area contributed by atoms with E-state index in [4.69, 9.17) is 9.47 Å². The van der Waals surface area contributed by atoms with Crippen LogP contribution in [-0.4, -0.2) is 188 Å². The third-order valence-corrected chi connectivity index (χ3v) is 16.2. The number of hydrogen-bond acceptors (Lipinski definition) is 15. The van der Waals surface area contributed by atoms with Gasteiger partial charge in [-0.05, 0) is 107 Å². The van der Waals surface area contributed by atoms with Gasteiger partial charge in [0.1, 0.15) is 78.6 Å². The van der Waals surface area contributed by atoms with Crippen molar-refractivity contribution in [2.75, 3.05) is 20.1 Å². The Morgan fingerprint density at radius 2 is 1.31 bits per heavy atom. The van der Waals surface area contributed by atoms with E-state index in [1.807, 2.05) is 13.8 Å². The van der Waals surface area contributed by atoms with Crippen LogP contribution in [-0.2, 0) is 75.1 Å². The molecular formula is C61H87N9O15. The largest absolute Gasteiger partial charge is 0.508 e. The minimum atomic E-state index is -1.91. The number of phenolic OH excluding ortho intramolecular Hbond substituents is 1. The molecule has 4 aliphatic rings. The number of rotatable bonds is 18. The highest BCUT2D eigenvalue weighted by molar-refractivity contribution is 5.99. The van der Waals surface area contributed by atoms with Gasteiger partial charge in [-0.25, -0.2) is 9.59 Å². The van der Waals surface area contributed by atoms with Gasteiger partial charge < -0.3 is 65.9 Å². The van der Waals surface area contributed by atoms with E-state index in [-0.39, 0.29) is 87.8 Å². The molecule has 12 atom stereocenters. The molecule has 85 heavy (non-hydrogen) atoms. The summed E-state index contributed by atoms with van der Waals surface area (Å²) in [5.41, 5.74) is 1.08. The lowest BCUT2D eigenvalue weighted by Crippen LogP contribution is -2.65. The van der Waals surface area contributed by atoms with Gasteiger partial charge >= 0.3 is 11.9 Å². The number of benzene rings is 2. The summed E-state index contributed by atoms with van der Waals surface area (Å²) < 4.78 is 12.0. The summed E-state index contributed by atoms with van der Waals surface area (Å²) in [7, 11) is 1.35. The second kappa shape index (κ2) is 30.4. The van der Waals surface area contributed by atoms with Gasteiger partial charge in [0.15, 0.2) is 0 Å². The quantitative estimate of drug-likeness (QED) is 0.105. The standard InChI is InChI=1S/C61H87N9O15/c1-10-17-47(72)68-29-15-21-43(68)54(76)65-52(36(7)84-60(82)44-22-16-30-69(44)48(73)18-11-2)57(79)66-51-37(8)85-61(83)50(35(5)6)64-55(77)45(32-39-23-25-40(71)26-24-39)67(9)59(81)46(33-38-19-13-12-14-20-38)70-49(74)28-27-41(58(70)80)62-53(75)42(31-34(3)4)63-56(51)78/h12-14,19-20,23-26,34-37,41-46,49-52,71,74H,10-11,15-18,21-22,27-33H2,1-9H3,(H,62,75)(H,63,78)(H,64,77)(H,65,76)(H,66,79)/t36-,37+,41-,42?,43?,44?,45-,46-,49+,50-,51-,52-/m0/s1. The van der Waals surface area contributed by atoms with Crippen LogP contribution in [0.5, 0.6) is 5.75 Å². The average Bonchev–Trinajstić information content (AvgIpc) is 2.87. The van der Waals surface area contributed by atoms with Gasteiger partial charge in [-0.1, -0.05) is 84.0 Å². The number of aliphatic hydroxyl groups is 1.